The quantitative estimate of drug-likeness (QED) is 0.160. The normalized spacial score (nSPS) is 11.5. The average Bonchev–Trinajstić information content (AvgIpc) is 3.68. The first-order valence-corrected chi connectivity index (χ1v) is 19.2. The second kappa shape index (κ2) is 13.6. The fraction of sp³-hybridized carbons (Fsp3) is 0. The molecule has 0 aliphatic heterocycles. The topological polar surface area (TPSA) is 51.8 Å². The van der Waals surface area contributed by atoms with Crippen molar-refractivity contribution in [2.45, 2.75) is 0 Å². The molecule has 0 bridgehead atoms. The largest absolute Gasteiger partial charge is 0.455 e. The van der Waals surface area contributed by atoms with Crippen molar-refractivity contribution >= 4 is 43.5 Å². The minimum atomic E-state index is 0.556. The predicted molar refractivity (Wildman–Crippen MR) is 235 cm³/mol. The number of para-hydroxylation sites is 2. The molecule has 0 radical (unpaired) electrons. The summed E-state index contributed by atoms with van der Waals surface area (Å²) in [6, 6.07) is 69.9. The van der Waals surface area contributed by atoms with Gasteiger partial charge in [0.25, 0.3) is 0 Å². The summed E-state index contributed by atoms with van der Waals surface area (Å²) in [4.78, 5) is 15.8. The zero-order chi connectivity index (χ0) is 37.7. The van der Waals surface area contributed by atoms with Gasteiger partial charge in [0.1, 0.15) is 11.2 Å². The van der Waals surface area contributed by atoms with Gasteiger partial charge in [-0.15, -0.1) is 0 Å². The van der Waals surface area contributed by atoms with E-state index in [0.717, 1.165) is 65.9 Å². The van der Waals surface area contributed by atoms with Gasteiger partial charge in [0.15, 0.2) is 17.5 Å². The Morgan fingerprint density at radius 1 is 0.281 bits per heavy atom. The molecule has 0 unspecified atom stereocenters. The molecule has 2 aromatic heterocycles. The fourth-order valence-corrected chi connectivity index (χ4v) is 8.16. The lowest BCUT2D eigenvalue weighted by Gasteiger charge is -2.15. The molecule has 0 atom stereocenters. The Balaban J connectivity index is 1.11. The summed E-state index contributed by atoms with van der Waals surface area (Å²) < 4.78 is 6.53. The number of furan rings is 1. The third-order valence-corrected chi connectivity index (χ3v) is 11.0. The molecule has 0 N–H and O–H groups in total. The molecule has 0 saturated heterocycles. The van der Waals surface area contributed by atoms with Gasteiger partial charge in [0.2, 0.25) is 0 Å². The zero-order valence-corrected chi connectivity index (χ0v) is 30.8. The number of aromatic nitrogens is 3. The van der Waals surface area contributed by atoms with E-state index in [9.17, 15) is 0 Å². The second-order valence-electron chi connectivity index (χ2n) is 14.3. The number of benzene rings is 9. The van der Waals surface area contributed by atoms with Crippen molar-refractivity contribution < 1.29 is 4.42 Å². The van der Waals surface area contributed by atoms with Gasteiger partial charge in [-0.25, -0.2) is 15.0 Å². The van der Waals surface area contributed by atoms with Crippen LogP contribution in [0.15, 0.2) is 205 Å². The van der Waals surface area contributed by atoms with Gasteiger partial charge in [-0.1, -0.05) is 176 Å². The molecule has 4 heteroatoms. The third kappa shape index (κ3) is 5.74. The van der Waals surface area contributed by atoms with Crippen molar-refractivity contribution in [1.82, 2.24) is 15.0 Å². The first kappa shape index (κ1) is 32.7. The van der Waals surface area contributed by atoms with E-state index >= 15 is 0 Å². The number of rotatable bonds is 6. The molecular formula is C53H33N3O. The lowest BCUT2D eigenvalue weighted by Crippen LogP contribution is -2.02. The fourth-order valence-electron chi connectivity index (χ4n) is 8.16. The summed E-state index contributed by atoms with van der Waals surface area (Å²) in [6.07, 6.45) is 0. The molecule has 11 rings (SSSR count). The first-order valence-electron chi connectivity index (χ1n) is 19.2. The monoisotopic (exact) mass is 727 g/mol. The van der Waals surface area contributed by atoms with Crippen molar-refractivity contribution in [3.8, 4) is 67.5 Å². The highest BCUT2D eigenvalue weighted by molar-refractivity contribution is 6.14. The van der Waals surface area contributed by atoms with Crippen molar-refractivity contribution in [1.29, 1.82) is 0 Å². The van der Waals surface area contributed by atoms with Gasteiger partial charge >= 0.3 is 0 Å². The summed E-state index contributed by atoms with van der Waals surface area (Å²) in [5, 5.41) is 6.59. The smallest absolute Gasteiger partial charge is 0.167 e. The zero-order valence-electron chi connectivity index (χ0n) is 30.8. The van der Waals surface area contributed by atoms with E-state index in [4.69, 9.17) is 19.4 Å². The lowest BCUT2D eigenvalue weighted by atomic mass is 9.93. The van der Waals surface area contributed by atoms with E-state index in [0.29, 0.717) is 17.5 Å². The van der Waals surface area contributed by atoms with Gasteiger partial charge in [-0.05, 0) is 79.2 Å². The maximum Gasteiger partial charge on any atom is 0.167 e. The highest BCUT2D eigenvalue weighted by Crippen LogP contribution is 2.40. The van der Waals surface area contributed by atoms with Gasteiger partial charge < -0.3 is 4.42 Å². The molecule has 266 valence electrons. The summed E-state index contributed by atoms with van der Waals surface area (Å²) in [5.41, 5.74) is 11.2. The van der Waals surface area contributed by atoms with Crippen LogP contribution in [0.4, 0.5) is 0 Å². The van der Waals surface area contributed by atoms with E-state index in [1.807, 2.05) is 36.4 Å². The Labute approximate surface area is 329 Å². The molecule has 57 heavy (non-hydrogen) atoms. The van der Waals surface area contributed by atoms with Crippen molar-refractivity contribution in [2.24, 2.45) is 0 Å². The van der Waals surface area contributed by atoms with Crippen LogP contribution in [0.1, 0.15) is 0 Å². The molecular weight excluding hydrogens is 695 g/mol. The summed E-state index contributed by atoms with van der Waals surface area (Å²) >= 11 is 0. The minimum absolute atomic E-state index is 0.556. The molecule has 0 aliphatic carbocycles. The molecule has 0 fully saturated rings. The van der Waals surface area contributed by atoms with Crippen LogP contribution >= 0.6 is 0 Å². The number of nitrogens with zero attached hydrogens (tertiary/aromatic N) is 3. The Morgan fingerprint density at radius 3 is 1.54 bits per heavy atom. The summed E-state index contributed by atoms with van der Waals surface area (Å²) in [7, 11) is 0. The van der Waals surface area contributed by atoms with E-state index in [2.05, 4.69) is 164 Å². The molecule has 0 amide bonds. The Hall–Kier alpha value is -7.69. The van der Waals surface area contributed by atoms with Crippen LogP contribution in [0, 0.1) is 0 Å². The number of hydrogen-bond donors (Lipinski definition) is 0. The van der Waals surface area contributed by atoms with E-state index in [1.165, 1.54) is 27.6 Å². The van der Waals surface area contributed by atoms with Crippen LogP contribution in [-0.2, 0) is 0 Å². The van der Waals surface area contributed by atoms with Crippen LogP contribution in [0.3, 0.4) is 0 Å². The maximum absolute atomic E-state index is 6.53. The molecule has 2 heterocycles. The van der Waals surface area contributed by atoms with Gasteiger partial charge in [-0.3, -0.25) is 0 Å². The molecule has 4 nitrogen and oxygen atoms in total. The predicted octanol–water partition coefficient (Wildman–Crippen LogP) is 14.1. The molecule has 11 aromatic rings. The second-order valence-corrected chi connectivity index (χ2v) is 14.3. The SMILES string of the molecule is c1ccc(-c2ccc(-c3ccc4cc(-c5nc(-c6ccccc6-c6ccccc6)nc(-c6cccc7c6oc6ccccc67)n5)c5ccccc5c4c3)cc2)cc1. The van der Waals surface area contributed by atoms with E-state index in [-0.39, 0.29) is 0 Å². The van der Waals surface area contributed by atoms with E-state index < -0.39 is 0 Å². The molecule has 0 spiro atoms. The van der Waals surface area contributed by atoms with Crippen LogP contribution in [0.5, 0.6) is 0 Å². The van der Waals surface area contributed by atoms with Crippen molar-refractivity contribution in [3.63, 3.8) is 0 Å². The standard InChI is InChI=1S/C53H33N3O/c1-3-14-34(15-4-1)35-26-28-36(29-27-35)38-30-31-39-33-48(42-20-9-8-19-41(42)47(39)32-38)53-55-51(45-22-10-7-18-40(45)37-16-5-2-6-17-37)54-52(56-53)46-24-13-23-44-43-21-11-12-25-49(43)57-50(44)46/h1-33H. The summed E-state index contributed by atoms with van der Waals surface area (Å²) in [6.45, 7) is 0. The van der Waals surface area contributed by atoms with Crippen molar-refractivity contribution in [3.05, 3.63) is 200 Å². The molecule has 9 aromatic carbocycles. The third-order valence-electron chi connectivity index (χ3n) is 11.0. The summed E-state index contributed by atoms with van der Waals surface area (Å²) in [5.74, 6) is 1.76. The van der Waals surface area contributed by atoms with Crippen LogP contribution in [0.2, 0.25) is 0 Å². The van der Waals surface area contributed by atoms with Crippen molar-refractivity contribution in [2.75, 3.05) is 0 Å². The van der Waals surface area contributed by atoms with E-state index in [1.54, 1.807) is 0 Å². The highest BCUT2D eigenvalue weighted by atomic mass is 16.3. The lowest BCUT2D eigenvalue weighted by molar-refractivity contribution is 0.669. The molecule has 0 aliphatic rings. The number of fused-ring (bicyclic) bond motifs is 6. The Kier molecular flexibility index (Phi) is 7.78. The number of hydrogen-bond acceptors (Lipinski definition) is 4. The minimum Gasteiger partial charge on any atom is -0.455 e. The van der Waals surface area contributed by atoms with Crippen LogP contribution < -0.4 is 0 Å². The van der Waals surface area contributed by atoms with Crippen LogP contribution in [-0.4, -0.2) is 15.0 Å². The maximum atomic E-state index is 6.53. The first-order chi connectivity index (χ1) is 28.2. The van der Waals surface area contributed by atoms with Gasteiger partial charge in [0.05, 0.1) is 5.56 Å². The van der Waals surface area contributed by atoms with Gasteiger partial charge in [0, 0.05) is 21.9 Å². The Bertz CT molecular complexity index is 3280. The average molecular weight is 728 g/mol. The Morgan fingerprint density at radius 2 is 0.789 bits per heavy atom. The highest BCUT2D eigenvalue weighted by Gasteiger charge is 2.21. The molecule has 0 saturated carbocycles. The van der Waals surface area contributed by atoms with Gasteiger partial charge in [-0.2, -0.15) is 0 Å². The van der Waals surface area contributed by atoms with Crippen LogP contribution in [0.25, 0.3) is 111 Å².